The number of aryl methyl sites for hydroxylation is 1. The van der Waals surface area contributed by atoms with Crippen LogP contribution in [0.5, 0.6) is 5.75 Å². The molecule has 0 aliphatic heterocycles. The summed E-state index contributed by atoms with van der Waals surface area (Å²) < 4.78 is 10.4. The van der Waals surface area contributed by atoms with Crippen molar-refractivity contribution >= 4 is 5.91 Å². The number of carbonyl (C=O) groups excluding carboxylic acids is 1. The molecule has 118 valence electrons. The van der Waals surface area contributed by atoms with E-state index in [9.17, 15) is 4.79 Å². The van der Waals surface area contributed by atoms with Gasteiger partial charge in [0.25, 0.3) is 5.91 Å². The second kappa shape index (κ2) is 7.61. The topological polar surface area (TPSA) is 76.2 Å². The fourth-order valence-electron chi connectivity index (χ4n) is 2.12. The third kappa shape index (κ3) is 3.85. The summed E-state index contributed by atoms with van der Waals surface area (Å²) >= 11 is 0. The molecule has 6 heteroatoms. The molecule has 0 unspecified atom stereocenters. The average Bonchev–Trinajstić information content (AvgIpc) is 2.97. The van der Waals surface area contributed by atoms with E-state index in [0.717, 1.165) is 22.6 Å². The smallest absolute Gasteiger partial charge is 0.269 e. The molecule has 0 bridgehead atoms. The second-order valence-electron chi connectivity index (χ2n) is 4.83. The molecule has 0 saturated carbocycles. The Bertz CT molecular complexity index is 637. The predicted molar refractivity (Wildman–Crippen MR) is 84.1 cm³/mol. The van der Waals surface area contributed by atoms with Crippen molar-refractivity contribution in [3.8, 4) is 17.0 Å². The molecule has 2 rings (SSSR count). The van der Waals surface area contributed by atoms with Gasteiger partial charge in [0.1, 0.15) is 11.4 Å². The molecule has 0 aliphatic rings. The molecule has 1 aromatic carbocycles. The lowest BCUT2D eigenvalue weighted by atomic mass is 10.1. The van der Waals surface area contributed by atoms with Crippen molar-refractivity contribution in [3.63, 3.8) is 0 Å². The van der Waals surface area contributed by atoms with Gasteiger partial charge in [-0.15, -0.1) is 0 Å². The molecular formula is C16H21N3O3. The summed E-state index contributed by atoms with van der Waals surface area (Å²) in [5, 5.41) is 9.73. The largest absolute Gasteiger partial charge is 0.494 e. The molecule has 22 heavy (non-hydrogen) atoms. The summed E-state index contributed by atoms with van der Waals surface area (Å²) in [6.45, 7) is 5.51. The van der Waals surface area contributed by atoms with Gasteiger partial charge in [-0.25, -0.2) is 0 Å². The zero-order chi connectivity index (χ0) is 15.9. The monoisotopic (exact) mass is 303 g/mol. The fourth-order valence-corrected chi connectivity index (χ4v) is 2.12. The Balaban J connectivity index is 2.12. The first-order valence-electron chi connectivity index (χ1n) is 7.22. The van der Waals surface area contributed by atoms with Gasteiger partial charge < -0.3 is 14.8 Å². The van der Waals surface area contributed by atoms with E-state index < -0.39 is 0 Å². The molecule has 1 amide bonds. The maximum Gasteiger partial charge on any atom is 0.269 e. The van der Waals surface area contributed by atoms with Crippen molar-refractivity contribution in [1.82, 2.24) is 15.5 Å². The highest BCUT2D eigenvalue weighted by Crippen LogP contribution is 2.26. The van der Waals surface area contributed by atoms with Gasteiger partial charge in [-0.1, -0.05) is 0 Å². The number of nitrogens with zero attached hydrogens (tertiary/aromatic N) is 1. The minimum Gasteiger partial charge on any atom is -0.494 e. The lowest BCUT2D eigenvalue weighted by molar-refractivity contribution is 0.0932. The van der Waals surface area contributed by atoms with Crippen LogP contribution in [0, 0.1) is 6.92 Å². The van der Waals surface area contributed by atoms with Crippen LogP contribution in [0.2, 0.25) is 0 Å². The Kier molecular flexibility index (Phi) is 5.55. The molecule has 2 aromatic rings. The Hall–Kier alpha value is -2.34. The number of carbonyl (C=O) groups is 1. The first-order valence-corrected chi connectivity index (χ1v) is 7.22. The highest BCUT2D eigenvalue weighted by atomic mass is 16.5. The highest BCUT2D eigenvalue weighted by molar-refractivity contribution is 5.93. The van der Waals surface area contributed by atoms with Gasteiger partial charge in [0.2, 0.25) is 0 Å². The Morgan fingerprint density at radius 1 is 1.36 bits per heavy atom. The molecule has 1 aromatic heterocycles. The summed E-state index contributed by atoms with van der Waals surface area (Å²) in [7, 11) is 1.59. The van der Waals surface area contributed by atoms with Crippen LogP contribution < -0.4 is 10.1 Å². The standard InChI is InChI=1S/C16H21N3O3/c1-4-22-12-5-6-13(11(2)9-12)14-10-15(19-18-14)16(20)17-7-8-21-3/h5-6,9-10H,4,7-8H2,1-3H3,(H,17,20)(H,18,19). The Morgan fingerprint density at radius 3 is 2.86 bits per heavy atom. The maximum absolute atomic E-state index is 11.9. The normalized spacial score (nSPS) is 10.5. The van der Waals surface area contributed by atoms with Crippen LogP contribution >= 0.6 is 0 Å². The average molecular weight is 303 g/mol. The van der Waals surface area contributed by atoms with E-state index in [1.54, 1.807) is 13.2 Å². The zero-order valence-corrected chi connectivity index (χ0v) is 13.1. The van der Waals surface area contributed by atoms with Crippen LogP contribution in [0.3, 0.4) is 0 Å². The molecule has 2 N–H and O–H groups in total. The van der Waals surface area contributed by atoms with E-state index in [1.807, 2.05) is 32.0 Å². The molecule has 0 spiro atoms. The fraction of sp³-hybridized carbons (Fsp3) is 0.375. The number of aromatic amines is 1. The molecule has 0 radical (unpaired) electrons. The number of H-pyrrole nitrogens is 1. The summed E-state index contributed by atoms with van der Waals surface area (Å²) in [6.07, 6.45) is 0. The van der Waals surface area contributed by atoms with Gasteiger partial charge >= 0.3 is 0 Å². The van der Waals surface area contributed by atoms with Crippen molar-refractivity contribution < 1.29 is 14.3 Å². The number of ether oxygens (including phenoxy) is 2. The number of rotatable bonds is 7. The van der Waals surface area contributed by atoms with E-state index >= 15 is 0 Å². The molecule has 1 heterocycles. The zero-order valence-electron chi connectivity index (χ0n) is 13.1. The highest BCUT2D eigenvalue weighted by Gasteiger charge is 2.12. The van der Waals surface area contributed by atoms with Gasteiger partial charge in [-0.3, -0.25) is 9.89 Å². The molecule has 0 fully saturated rings. The Morgan fingerprint density at radius 2 is 2.18 bits per heavy atom. The number of hydrogen-bond acceptors (Lipinski definition) is 4. The van der Waals surface area contributed by atoms with E-state index in [0.29, 0.717) is 25.5 Å². The number of aromatic nitrogens is 2. The quantitative estimate of drug-likeness (QED) is 0.769. The molecule has 0 atom stereocenters. The van der Waals surface area contributed by atoms with Crippen LogP contribution in [0.15, 0.2) is 24.3 Å². The first kappa shape index (κ1) is 16.0. The van der Waals surface area contributed by atoms with E-state index in [2.05, 4.69) is 15.5 Å². The summed E-state index contributed by atoms with van der Waals surface area (Å²) in [5.74, 6) is 0.635. The van der Waals surface area contributed by atoms with Gasteiger partial charge in [-0.05, 0) is 43.7 Å². The van der Waals surface area contributed by atoms with Crippen LogP contribution in [-0.2, 0) is 4.74 Å². The van der Waals surface area contributed by atoms with Crippen LogP contribution in [0.1, 0.15) is 23.0 Å². The van der Waals surface area contributed by atoms with Gasteiger partial charge in [0.15, 0.2) is 0 Å². The number of benzene rings is 1. The van der Waals surface area contributed by atoms with E-state index in [-0.39, 0.29) is 5.91 Å². The van der Waals surface area contributed by atoms with Crippen molar-refractivity contribution in [2.24, 2.45) is 0 Å². The number of hydrogen-bond donors (Lipinski definition) is 2. The van der Waals surface area contributed by atoms with Crippen LogP contribution in [-0.4, -0.2) is 43.0 Å². The van der Waals surface area contributed by atoms with E-state index in [1.165, 1.54) is 0 Å². The molecule has 0 saturated heterocycles. The second-order valence-corrected chi connectivity index (χ2v) is 4.83. The van der Waals surface area contributed by atoms with Crippen molar-refractivity contribution in [2.75, 3.05) is 26.9 Å². The van der Waals surface area contributed by atoms with Crippen molar-refractivity contribution in [3.05, 3.63) is 35.5 Å². The number of methoxy groups -OCH3 is 1. The van der Waals surface area contributed by atoms with Gasteiger partial charge in [0, 0.05) is 19.2 Å². The summed E-state index contributed by atoms with van der Waals surface area (Å²) in [4.78, 5) is 11.9. The summed E-state index contributed by atoms with van der Waals surface area (Å²) in [5.41, 5.74) is 3.18. The Labute approximate surface area is 129 Å². The third-order valence-electron chi connectivity index (χ3n) is 3.20. The minimum atomic E-state index is -0.195. The van der Waals surface area contributed by atoms with Gasteiger partial charge in [0.05, 0.1) is 18.9 Å². The van der Waals surface area contributed by atoms with E-state index in [4.69, 9.17) is 9.47 Å². The van der Waals surface area contributed by atoms with Crippen molar-refractivity contribution in [2.45, 2.75) is 13.8 Å². The SMILES string of the molecule is CCOc1ccc(-c2cc(C(=O)NCCOC)[nH]n2)c(C)c1. The lowest BCUT2D eigenvalue weighted by Gasteiger charge is -2.07. The third-order valence-corrected chi connectivity index (χ3v) is 3.20. The van der Waals surface area contributed by atoms with Crippen LogP contribution in [0.25, 0.3) is 11.3 Å². The predicted octanol–water partition coefficient (Wildman–Crippen LogP) is 2.16. The summed E-state index contributed by atoms with van der Waals surface area (Å²) in [6, 6.07) is 7.55. The minimum absolute atomic E-state index is 0.195. The maximum atomic E-state index is 11.9. The molecule has 0 aliphatic carbocycles. The van der Waals surface area contributed by atoms with Crippen molar-refractivity contribution in [1.29, 1.82) is 0 Å². The first-order chi connectivity index (χ1) is 10.7. The van der Waals surface area contributed by atoms with Crippen LogP contribution in [0.4, 0.5) is 0 Å². The molecule has 6 nitrogen and oxygen atoms in total. The molecular weight excluding hydrogens is 282 g/mol. The number of nitrogens with one attached hydrogen (secondary N) is 2. The van der Waals surface area contributed by atoms with Gasteiger partial charge in [-0.2, -0.15) is 5.10 Å². The lowest BCUT2D eigenvalue weighted by Crippen LogP contribution is -2.27. The number of amides is 1.